The van der Waals surface area contributed by atoms with E-state index >= 15 is 0 Å². The van der Waals surface area contributed by atoms with Gasteiger partial charge in [-0.25, -0.2) is 4.79 Å². The van der Waals surface area contributed by atoms with Crippen molar-refractivity contribution >= 4 is 33.4 Å². The average molecular weight is 307 g/mol. The molecular formula is C14H17N3O3S. The Balaban J connectivity index is 2.15. The zero-order chi connectivity index (χ0) is 15.4. The molecule has 21 heavy (non-hydrogen) atoms. The molecule has 0 aliphatic rings. The van der Waals surface area contributed by atoms with Gasteiger partial charge in [-0.2, -0.15) is 0 Å². The predicted octanol–water partition coefficient (Wildman–Crippen LogP) is 1.34. The minimum atomic E-state index is -0.964. The van der Waals surface area contributed by atoms with Gasteiger partial charge in [0.05, 0.1) is 0 Å². The van der Waals surface area contributed by atoms with Crippen molar-refractivity contribution in [2.75, 3.05) is 23.9 Å². The SMILES string of the molecule is Cc1ccc2[nH]cc(NC(=O)NCCS(C)=O)c(=O)c2c1. The van der Waals surface area contributed by atoms with Crippen molar-refractivity contribution in [1.29, 1.82) is 0 Å². The standard InChI is InChI=1S/C14H17N3O3S/c1-9-3-4-11-10(7-9)13(18)12(8-16-11)17-14(19)15-5-6-21(2)20/h3-4,7-8H,5-6H2,1-2H3,(H,16,18)(H2,15,17,19). The molecule has 0 fully saturated rings. The van der Waals surface area contributed by atoms with Gasteiger partial charge < -0.3 is 15.6 Å². The van der Waals surface area contributed by atoms with E-state index in [1.54, 1.807) is 12.3 Å². The van der Waals surface area contributed by atoms with Crippen LogP contribution in [0.25, 0.3) is 10.9 Å². The number of H-pyrrole nitrogens is 1. The number of aryl methyl sites for hydroxylation is 1. The Hall–Kier alpha value is -2.15. The Morgan fingerprint density at radius 1 is 1.38 bits per heavy atom. The second-order valence-corrected chi connectivity index (χ2v) is 6.29. The van der Waals surface area contributed by atoms with Gasteiger partial charge in [-0.05, 0) is 19.1 Å². The van der Waals surface area contributed by atoms with Gasteiger partial charge in [0.2, 0.25) is 5.43 Å². The first kappa shape index (κ1) is 15.2. The molecule has 6 nitrogen and oxygen atoms in total. The van der Waals surface area contributed by atoms with Crippen molar-refractivity contribution in [1.82, 2.24) is 10.3 Å². The highest BCUT2D eigenvalue weighted by Gasteiger charge is 2.08. The molecule has 2 rings (SSSR count). The minimum absolute atomic E-state index is 0.184. The number of nitrogens with one attached hydrogen (secondary N) is 3. The van der Waals surface area contributed by atoms with Gasteiger partial charge in [0, 0.05) is 46.5 Å². The number of urea groups is 1. The van der Waals surface area contributed by atoms with Crippen LogP contribution in [0.4, 0.5) is 10.5 Å². The van der Waals surface area contributed by atoms with Gasteiger partial charge in [-0.1, -0.05) is 11.6 Å². The van der Waals surface area contributed by atoms with E-state index in [4.69, 9.17) is 0 Å². The molecule has 0 saturated heterocycles. The van der Waals surface area contributed by atoms with Crippen LogP contribution < -0.4 is 16.1 Å². The normalized spacial score (nSPS) is 12.1. The van der Waals surface area contributed by atoms with E-state index in [0.29, 0.717) is 17.7 Å². The maximum absolute atomic E-state index is 12.3. The summed E-state index contributed by atoms with van der Waals surface area (Å²) in [6.45, 7) is 2.19. The maximum atomic E-state index is 12.3. The van der Waals surface area contributed by atoms with Crippen LogP contribution in [-0.2, 0) is 10.8 Å². The monoisotopic (exact) mass is 307 g/mol. The molecular weight excluding hydrogens is 290 g/mol. The lowest BCUT2D eigenvalue weighted by Gasteiger charge is -2.07. The zero-order valence-corrected chi connectivity index (χ0v) is 12.7. The van der Waals surface area contributed by atoms with Crippen molar-refractivity contribution in [3.05, 3.63) is 40.2 Å². The number of benzene rings is 1. The first-order valence-electron chi connectivity index (χ1n) is 6.44. The zero-order valence-electron chi connectivity index (χ0n) is 11.9. The number of hydrogen-bond acceptors (Lipinski definition) is 3. The number of hydrogen-bond donors (Lipinski definition) is 3. The molecule has 1 aromatic carbocycles. The molecule has 0 spiro atoms. The van der Waals surface area contributed by atoms with E-state index in [9.17, 15) is 13.8 Å². The summed E-state index contributed by atoms with van der Waals surface area (Å²) in [6.07, 6.45) is 3.04. The van der Waals surface area contributed by atoms with E-state index in [-0.39, 0.29) is 11.1 Å². The molecule has 1 aromatic heterocycles. The van der Waals surface area contributed by atoms with Crippen LogP contribution in [0.2, 0.25) is 0 Å². The van der Waals surface area contributed by atoms with E-state index in [1.165, 1.54) is 6.20 Å². The maximum Gasteiger partial charge on any atom is 0.319 e. The third kappa shape index (κ3) is 3.91. The van der Waals surface area contributed by atoms with Crippen molar-refractivity contribution in [2.45, 2.75) is 6.92 Å². The summed E-state index contributed by atoms with van der Waals surface area (Å²) < 4.78 is 10.9. The van der Waals surface area contributed by atoms with Crippen molar-refractivity contribution in [3.63, 3.8) is 0 Å². The molecule has 1 atom stereocenters. The molecule has 1 heterocycles. The first-order chi connectivity index (χ1) is 9.97. The summed E-state index contributed by atoms with van der Waals surface area (Å²) in [5, 5.41) is 5.59. The molecule has 0 aliphatic heterocycles. The van der Waals surface area contributed by atoms with Crippen molar-refractivity contribution in [3.8, 4) is 0 Å². The number of anilines is 1. The number of aromatic nitrogens is 1. The Bertz CT molecular complexity index is 755. The topological polar surface area (TPSA) is 91.1 Å². The lowest BCUT2D eigenvalue weighted by molar-refractivity contribution is 0.252. The third-order valence-corrected chi connectivity index (χ3v) is 3.74. The smallest absolute Gasteiger partial charge is 0.319 e. The van der Waals surface area contributed by atoms with E-state index in [1.807, 2.05) is 19.1 Å². The molecule has 0 aliphatic carbocycles. The number of rotatable bonds is 4. The molecule has 0 radical (unpaired) electrons. The Morgan fingerprint density at radius 3 is 2.86 bits per heavy atom. The predicted molar refractivity (Wildman–Crippen MR) is 85.3 cm³/mol. The third-order valence-electron chi connectivity index (χ3n) is 2.96. The van der Waals surface area contributed by atoms with Crippen LogP contribution in [0.5, 0.6) is 0 Å². The fourth-order valence-electron chi connectivity index (χ4n) is 1.90. The van der Waals surface area contributed by atoms with E-state index in [2.05, 4.69) is 15.6 Å². The van der Waals surface area contributed by atoms with E-state index < -0.39 is 16.8 Å². The van der Waals surface area contributed by atoms with Crippen LogP contribution in [0, 0.1) is 6.92 Å². The van der Waals surface area contributed by atoms with Crippen LogP contribution in [0.1, 0.15) is 5.56 Å². The number of pyridine rings is 1. The quantitative estimate of drug-likeness (QED) is 0.796. The van der Waals surface area contributed by atoms with Crippen LogP contribution in [0.15, 0.2) is 29.2 Å². The van der Waals surface area contributed by atoms with Crippen LogP contribution >= 0.6 is 0 Å². The highest BCUT2D eigenvalue weighted by Crippen LogP contribution is 2.12. The van der Waals surface area contributed by atoms with Gasteiger partial charge in [0.25, 0.3) is 0 Å². The molecule has 0 bridgehead atoms. The molecule has 2 amide bonds. The van der Waals surface area contributed by atoms with Gasteiger partial charge in [0.1, 0.15) is 5.69 Å². The molecule has 2 aromatic rings. The lowest BCUT2D eigenvalue weighted by Crippen LogP contribution is -2.33. The van der Waals surface area contributed by atoms with Gasteiger partial charge >= 0.3 is 6.03 Å². The van der Waals surface area contributed by atoms with Gasteiger partial charge in [-0.3, -0.25) is 9.00 Å². The summed E-state index contributed by atoms with van der Waals surface area (Å²) in [7, 11) is -0.964. The van der Waals surface area contributed by atoms with Gasteiger partial charge in [-0.15, -0.1) is 0 Å². The van der Waals surface area contributed by atoms with Crippen LogP contribution in [-0.4, -0.2) is 33.8 Å². The lowest BCUT2D eigenvalue weighted by atomic mass is 10.1. The molecule has 3 N–H and O–H groups in total. The second kappa shape index (κ2) is 6.53. The molecule has 112 valence electrons. The molecule has 0 saturated carbocycles. The van der Waals surface area contributed by atoms with Gasteiger partial charge in [0.15, 0.2) is 0 Å². The highest BCUT2D eigenvalue weighted by molar-refractivity contribution is 7.84. The first-order valence-corrected chi connectivity index (χ1v) is 8.17. The Labute approximate surface area is 124 Å². The number of aromatic amines is 1. The largest absolute Gasteiger partial charge is 0.359 e. The number of carbonyl (C=O) groups is 1. The van der Waals surface area contributed by atoms with Crippen molar-refractivity contribution in [2.24, 2.45) is 0 Å². The Kier molecular flexibility index (Phi) is 4.74. The molecule has 1 unspecified atom stereocenters. The summed E-state index contributed by atoms with van der Waals surface area (Å²) >= 11 is 0. The number of carbonyl (C=O) groups excluding carboxylic acids is 1. The summed E-state index contributed by atoms with van der Waals surface area (Å²) in [5.74, 6) is 0.376. The fourth-order valence-corrected chi connectivity index (χ4v) is 2.29. The summed E-state index contributed by atoms with van der Waals surface area (Å²) in [4.78, 5) is 26.9. The van der Waals surface area contributed by atoms with E-state index in [0.717, 1.165) is 11.1 Å². The van der Waals surface area contributed by atoms with Crippen molar-refractivity contribution < 1.29 is 9.00 Å². The number of fused-ring (bicyclic) bond motifs is 1. The fraction of sp³-hybridized carbons (Fsp3) is 0.286. The molecule has 7 heteroatoms. The summed E-state index contributed by atoms with van der Waals surface area (Å²) in [5.41, 5.74) is 1.64. The van der Waals surface area contributed by atoms with Crippen LogP contribution in [0.3, 0.4) is 0 Å². The minimum Gasteiger partial charge on any atom is -0.359 e. The Morgan fingerprint density at radius 2 is 2.14 bits per heavy atom. The number of amides is 2. The average Bonchev–Trinajstić information content (AvgIpc) is 2.42. The highest BCUT2D eigenvalue weighted by atomic mass is 32.2. The second-order valence-electron chi connectivity index (χ2n) is 4.74. The summed E-state index contributed by atoms with van der Waals surface area (Å²) in [6, 6.07) is 5.02.